The molecule has 4 rings (SSSR count). The summed E-state index contributed by atoms with van der Waals surface area (Å²) in [6.07, 6.45) is 2.62. The number of carboxylic acid groups (broad SMARTS) is 1. The monoisotopic (exact) mass is 449 g/mol. The molecule has 0 unspecified atom stereocenters. The Bertz CT molecular complexity index is 1230. The lowest BCUT2D eigenvalue weighted by molar-refractivity contribution is -0.141. The predicted octanol–water partition coefficient (Wildman–Crippen LogP) is 2.79. The van der Waals surface area contributed by atoms with Gasteiger partial charge in [0, 0.05) is 37.0 Å². The van der Waals surface area contributed by atoms with E-state index in [1.54, 1.807) is 6.20 Å². The highest BCUT2D eigenvalue weighted by Crippen LogP contribution is 2.20. The van der Waals surface area contributed by atoms with Crippen LogP contribution in [-0.2, 0) is 29.5 Å². The van der Waals surface area contributed by atoms with E-state index in [0.29, 0.717) is 11.6 Å². The van der Waals surface area contributed by atoms with Gasteiger partial charge in [0.1, 0.15) is 11.9 Å². The molecular weight excluding hydrogens is 426 g/mol. The Labute approximate surface area is 189 Å². The number of carbonyl (C=O) groups is 2. The first-order chi connectivity index (χ1) is 15.5. The van der Waals surface area contributed by atoms with E-state index in [2.05, 4.69) is 20.5 Å². The molecule has 0 bridgehead atoms. The summed E-state index contributed by atoms with van der Waals surface area (Å²) in [6.45, 7) is 0. The quantitative estimate of drug-likeness (QED) is 0.339. The van der Waals surface area contributed by atoms with Crippen molar-refractivity contribution in [3.05, 3.63) is 77.7 Å². The van der Waals surface area contributed by atoms with Crippen molar-refractivity contribution in [2.75, 3.05) is 5.75 Å². The highest BCUT2D eigenvalue weighted by Gasteiger charge is 2.22. The number of nitrogens with zero attached hydrogens (tertiary/aromatic N) is 3. The maximum atomic E-state index is 12.5. The standard InChI is InChI=1S/C23H23N5O3S/c1-28-20(11-15-7-3-2-4-8-15)26-27-23(28)32-14-21(29)25-19(22(30)31)12-16-13-24-18-10-6-5-9-17(16)18/h2-10,13,19,24H,11-12,14H2,1H3,(H,25,29)(H,30,31)/t19-/m0/s1. The van der Waals surface area contributed by atoms with Gasteiger partial charge in [0.05, 0.1) is 5.75 Å². The molecule has 1 atom stereocenters. The maximum Gasteiger partial charge on any atom is 0.326 e. The van der Waals surface area contributed by atoms with E-state index in [-0.39, 0.29) is 18.1 Å². The molecule has 4 aromatic rings. The van der Waals surface area contributed by atoms with E-state index in [4.69, 9.17) is 0 Å². The summed E-state index contributed by atoms with van der Waals surface area (Å²) < 4.78 is 1.85. The van der Waals surface area contributed by atoms with Crippen LogP contribution in [0.15, 0.2) is 66.0 Å². The molecule has 1 amide bonds. The van der Waals surface area contributed by atoms with Gasteiger partial charge in [-0.2, -0.15) is 0 Å². The summed E-state index contributed by atoms with van der Waals surface area (Å²) in [4.78, 5) is 27.3. The van der Waals surface area contributed by atoms with E-state index < -0.39 is 12.0 Å². The molecule has 2 aromatic heterocycles. The fraction of sp³-hybridized carbons (Fsp3) is 0.217. The first-order valence-corrected chi connectivity index (χ1v) is 11.1. The second kappa shape index (κ2) is 9.69. The van der Waals surface area contributed by atoms with Crippen LogP contribution in [0, 0.1) is 0 Å². The minimum Gasteiger partial charge on any atom is -0.480 e. The van der Waals surface area contributed by atoms with E-state index in [9.17, 15) is 14.7 Å². The third-order valence-corrected chi connectivity index (χ3v) is 6.22. The zero-order valence-electron chi connectivity index (χ0n) is 17.5. The van der Waals surface area contributed by atoms with Gasteiger partial charge in [0.2, 0.25) is 5.91 Å². The first-order valence-electron chi connectivity index (χ1n) is 10.1. The Morgan fingerprint density at radius 3 is 2.66 bits per heavy atom. The van der Waals surface area contributed by atoms with Crippen LogP contribution in [0.1, 0.15) is 17.0 Å². The molecule has 2 heterocycles. The van der Waals surface area contributed by atoms with Gasteiger partial charge in [0.25, 0.3) is 0 Å². The fourth-order valence-corrected chi connectivity index (χ4v) is 4.23. The highest BCUT2D eigenvalue weighted by atomic mass is 32.2. The molecular formula is C23H23N5O3S. The Morgan fingerprint density at radius 2 is 1.88 bits per heavy atom. The van der Waals surface area contributed by atoms with E-state index in [1.807, 2.05) is 66.2 Å². The number of carboxylic acids is 1. The molecule has 0 spiro atoms. The Balaban J connectivity index is 1.35. The molecule has 0 saturated carbocycles. The van der Waals surface area contributed by atoms with Crippen LogP contribution in [0.2, 0.25) is 0 Å². The number of hydrogen-bond acceptors (Lipinski definition) is 5. The molecule has 0 aliphatic heterocycles. The number of aromatic amines is 1. The van der Waals surface area contributed by atoms with Gasteiger partial charge in [-0.05, 0) is 17.2 Å². The third-order valence-electron chi connectivity index (χ3n) is 5.19. The SMILES string of the molecule is Cn1c(Cc2ccccc2)nnc1SCC(=O)N[C@@H](Cc1c[nH]c2ccccc12)C(=O)O. The Kier molecular flexibility index (Phi) is 6.55. The van der Waals surface area contributed by atoms with Gasteiger partial charge in [-0.15, -0.1) is 10.2 Å². The lowest BCUT2D eigenvalue weighted by atomic mass is 10.1. The van der Waals surface area contributed by atoms with Crippen LogP contribution < -0.4 is 5.32 Å². The number of nitrogens with one attached hydrogen (secondary N) is 2. The number of aliphatic carboxylic acids is 1. The fourth-order valence-electron chi connectivity index (χ4n) is 3.49. The number of amides is 1. The van der Waals surface area contributed by atoms with E-state index >= 15 is 0 Å². The number of aromatic nitrogens is 4. The Morgan fingerprint density at radius 1 is 1.12 bits per heavy atom. The van der Waals surface area contributed by atoms with Crippen molar-refractivity contribution in [2.24, 2.45) is 7.05 Å². The minimum atomic E-state index is -1.07. The number of H-pyrrole nitrogens is 1. The molecule has 32 heavy (non-hydrogen) atoms. The molecule has 164 valence electrons. The number of para-hydroxylation sites is 1. The van der Waals surface area contributed by atoms with Gasteiger partial charge in [0.15, 0.2) is 5.16 Å². The molecule has 0 saturated heterocycles. The number of fused-ring (bicyclic) bond motifs is 1. The third kappa shape index (κ3) is 5.00. The van der Waals surface area contributed by atoms with Crippen LogP contribution in [0.25, 0.3) is 10.9 Å². The lowest BCUT2D eigenvalue weighted by Gasteiger charge is -2.14. The number of benzene rings is 2. The number of carbonyl (C=O) groups excluding carboxylic acids is 1. The van der Waals surface area contributed by atoms with Gasteiger partial charge in [-0.25, -0.2) is 4.79 Å². The predicted molar refractivity (Wildman–Crippen MR) is 123 cm³/mol. The molecule has 8 nitrogen and oxygen atoms in total. The Hall–Kier alpha value is -3.59. The van der Waals surface area contributed by atoms with Crippen molar-refractivity contribution in [1.29, 1.82) is 0 Å². The summed E-state index contributed by atoms with van der Waals surface area (Å²) in [5.41, 5.74) is 2.90. The normalized spacial score (nSPS) is 12.0. The van der Waals surface area contributed by atoms with E-state index in [1.165, 1.54) is 11.8 Å². The second-order valence-corrected chi connectivity index (χ2v) is 8.37. The van der Waals surface area contributed by atoms with Crippen molar-refractivity contribution in [3.8, 4) is 0 Å². The number of rotatable bonds is 9. The van der Waals surface area contributed by atoms with Crippen molar-refractivity contribution >= 4 is 34.5 Å². The molecule has 3 N–H and O–H groups in total. The molecule has 9 heteroatoms. The van der Waals surface area contributed by atoms with Gasteiger partial charge in [-0.1, -0.05) is 60.3 Å². The molecule has 0 aliphatic carbocycles. The summed E-state index contributed by atoms with van der Waals surface area (Å²) in [6, 6.07) is 16.6. The number of thioether (sulfide) groups is 1. The zero-order chi connectivity index (χ0) is 22.5. The smallest absolute Gasteiger partial charge is 0.326 e. The van der Waals surface area contributed by atoms with Crippen molar-refractivity contribution in [3.63, 3.8) is 0 Å². The average Bonchev–Trinajstić information content (AvgIpc) is 3.36. The highest BCUT2D eigenvalue weighted by molar-refractivity contribution is 7.99. The second-order valence-electron chi connectivity index (χ2n) is 7.43. The number of hydrogen-bond donors (Lipinski definition) is 3. The molecule has 0 radical (unpaired) electrons. The van der Waals surface area contributed by atoms with Crippen LogP contribution in [0.3, 0.4) is 0 Å². The van der Waals surface area contributed by atoms with Crippen LogP contribution in [0.4, 0.5) is 0 Å². The van der Waals surface area contributed by atoms with Crippen molar-refractivity contribution in [2.45, 2.75) is 24.0 Å². The van der Waals surface area contributed by atoms with Crippen LogP contribution in [-0.4, -0.2) is 48.5 Å². The summed E-state index contributed by atoms with van der Waals surface area (Å²) in [5.74, 6) is -0.594. The zero-order valence-corrected chi connectivity index (χ0v) is 18.3. The topological polar surface area (TPSA) is 113 Å². The minimum absolute atomic E-state index is 0.0506. The summed E-state index contributed by atoms with van der Waals surface area (Å²) in [5, 5.41) is 22.2. The van der Waals surface area contributed by atoms with Crippen molar-refractivity contribution in [1.82, 2.24) is 25.1 Å². The van der Waals surface area contributed by atoms with Gasteiger partial charge in [-0.3, -0.25) is 4.79 Å². The largest absolute Gasteiger partial charge is 0.480 e. The van der Waals surface area contributed by atoms with Crippen molar-refractivity contribution < 1.29 is 14.7 Å². The maximum absolute atomic E-state index is 12.5. The molecule has 2 aromatic carbocycles. The summed E-state index contributed by atoms with van der Waals surface area (Å²) >= 11 is 1.23. The molecule has 0 fully saturated rings. The lowest BCUT2D eigenvalue weighted by Crippen LogP contribution is -2.43. The van der Waals surface area contributed by atoms with Gasteiger partial charge >= 0.3 is 5.97 Å². The van der Waals surface area contributed by atoms with Crippen LogP contribution >= 0.6 is 11.8 Å². The summed E-state index contributed by atoms with van der Waals surface area (Å²) in [7, 11) is 1.86. The first kappa shape index (κ1) is 21.6. The van der Waals surface area contributed by atoms with Gasteiger partial charge < -0.3 is 20.0 Å². The van der Waals surface area contributed by atoms with E-state index in [0.717, 1.165) is 27.9 Å². The average molecular weight is 450 g/mol. The molecule has 0 aliphatic rings. The van der Waals surface area contributed by atoms with Crippen LogP contribution in [0.5, 0.6) is 0 Å².